The first kappa shape index (κ1) is 58.0. The third-order valence-electron chi connectivity index (χ3n) is 16.4. The van der Waals surface area contributed by atoms with E-state index >= 15 is 0 Å². The van der Waals surface area contributed by atoms with Crippen molar-refractivity contribution in [1.82, 2.24) is 0 Å². The second-order valence-corrected chi connectivity index (χ2v) is 23.4. The van der Waals surface area contributed by atoms with Crippen molar-refractivity contribution in [2.75, 3.05) is 0 Å². The number of nitriles is 4. The second-order valence-electron chi connectivity index (χ2n) is 23.4. The fourth-order valence-electron chi connectivity index (χ4n) is 12.4. The molecule has 0 radical (unpaired) electrons. The Balaban J connectivity index is 1.00. The van der Waals surface area contributed by atoms with E-state index in [1.54, 1.807) is 72.8 Å². The average Bonchev–Trinajstić information content (AvgIpc) is 2.50. The van der Waals surface area contributed by atoms with Gasteiger partial charge in [-0.25, -0.2) is 0 Å². The Hall–Kier alpha value is -11.4. The molecule has 0 atom stereocenters. The Morgan fingerprint density at radius 1 is 0.281 bits per heavy atom. The highest BCUT2D eigenvalue weighted by Crippen LogP contribution is 2.66. The molecule has 2 aliphatic rings. The van der Waals surface area contributed by atoms with Crippen LogP contribution in [0.15, 0.2) is 218 Å². The van der Waals surface area contributed by atoms with Crippen LogP contribution in [0.4, 0.5) is 0 Å². The number of nitrogens with zero attached hydrogens (tertiary/aromatic N) is 4. The van der Waals surface area contributed by atoms with Gasteiger partial charge in [0.2, 0.25) is 0 Å². The third kappa shape index (κ3) is 12.0. The molecule has 0 saturated heterocycles. The molecule has 0 fully saturated rings. The smallest absolute Gasteiger partial charge is 0.170 e. The Morgan fingerprint density at radius 3 is 0.742 bits per heavy atom. The molecule has 436 valence electrons. The normalized spacial score (nSPS) is 13.5. The number of rotatable bonds is 20. The van der Waals surface area contributed by atoms with Gasteiger partial charge in [-0.05, 0) is 141 Å². The maximum absolute atomic E-state index is 10.9. The number of ether oxygens (including phenoxy) is 8. The highest BCUT2D eigenvalue weighted by atomic mass is 16.5. The van der Waals surface area contributed by atoms with Crippen LogP contribution in [0.25, 0.3) is 0 Å². The van der Waals surface area contributed by atoms with E-state index in [0.29, 0.717) is 47.3 Å². The number of hydrogen-bond acceptors (Lipinski definition) is 12. The van der Waals surface area contributed by atoms with E-state index in [1.165, 1.54) is 0 Å². The van der Waals surface area contributed by atoms with E-state index in [2.05, 4.69) is 52.0 Å². The van der Waals surface area contributed by atoms with Crippen molar-refractivity contribution in [1.29, 1.82) is 21.0 Å². The molecule has 2 aliphatic carbocycles. The van der Waals surface area contributed by atoms with Crippen LogP contribution >= 0.6 is 0 Å². The maximum Gasteiger partial charge on any atom is 0.170 e. The molecular formula is C77H60N4O8. The summed E-state index contributed by atoms with van der Waals surface area (Å²) in [5.41, 5.74) is 6.58. The minimum Gasteiger partial charge on any atom is -0.487 e. The zero-order valence-corrected chi connectivity index (χ0v) is 49.6. The van der Waals surface area contributed by atoms with E-state index in [1.807, 2.05) is 146 Å². The summed E-state index contributed by atoms with van der Waals surface area (Å²) in [4.78, 5) is 0. The van der Waals surface area contributed by atoms with Crippen LogP contribution in [-0.2, 0) is 42.7 Å². The van der Waals surface area contributed by atoms with Crippen molar-refractivity contribution in [3.63, 3.8) is 0 Å². The molecular weight excluding hydrogens is 1110 g/mol. The van der Waals surface area contributed by atoms with Crippen molar-refractivity contribution in [2.24, 2.45) is 0 Å². The first-order valence-electron chi connectivity index (χ1n) is 29.3. The van der Waals surface area contributed by atoms with Crippen molar-refractivity contribution in [3.05, 3.63) is 285 Å². The van der Waals surface area contributed by atoms with Gasteiger partial charge in [-0.1, -0.05) is 173 Å². The topological polar surface area (TPSA) is 169 Å². The lowest BCUT2D eigenvalue weighted by molar-refractivity contribution is 0.302. The molecule has 10 aromatic rings. The molecule has 12 heteroatoms. The van der Waals surface area contributed by atoms with Crippen LogP contribution in [0.3, 0.4) is 0 Å². The van der Waals surface area contributed by atoms with Gasteiger partial charge in [0.15, 0.2) is 23.0 Å². The first-order valence-corrected chi connectivity index (χ1v) is 29.3. The third-order valence-corrected chi connectivity index (χ3v) is 16.4. The summed E-state index contributed by atoms with van der Waals surface area (Å²) in [5.74, 6) is 3.49. The fourth-order valence-corrected chi connectivity index (χ4v) is 12.4. The number of benzene rings is 10. The predicted molar refractivity (Wildman–Crippen MR) is 337 cm³/mol. The van der Waals surface area contributed by atoms with Crippen LogP contribution in [0, 0.1) is 45.3 Å². The van der Waals surface area contributed by atoms with Crippen molar-refractivity contribution >= 4 is 0 Å². The zero-order valence-electron chi connectivity index (χ0n) is 49.6. The SMILES string of the molecule is CC1(C)CC2(CC(C)(C)c3cc(Oc4cccc(OCc5ccccc5)c4C#N)c(Oc4cccc(OCc5ccccc5)c4C#N)cc32)c2cc(Oc3cccc(OCc4ccccc4)c3C#N)c(Oc3cccc(OCc4ccccc4)c3C#N)cc21. The molecule has 12 rings (SSSR count). The van der Waals surface area contributed by atoms with E-state index in [9.17, 15) is 21.0 Å². The zero-order chi connectivity index (χ0) is 61.5. The van der Waals surface area contributed by atoms with Gasteiger partial charge in [-0.15, -0.1) is 0 Å². The number of hydrogen-bond donors (Lipinski definition) is 0. The van der Waals surface area contributed by atoms with Gasteiger partial charge >= 0.3 is 0 Å². The van der Waals surface area contributed by atoms with Crippen LogP contribution < -0.4 is 37.9 Å². The van der Waals surface area contributed by atoms with Crippen LogP contribution in [0.5, 0.6) is 69.0 Å². The monoisotopic (exact) mass is 1170 g/mol. The summed E-state index contributed by atoms with van der Waals surface area (Å²) in [6, 6.07) is 77.3. The highest BCUT2D eigenvalue weighted by Gasteiger charge is 2.57. The summed E-state index contributed by atoms with van der Waals surface area (Å²) in [6.45, 7) is 9.74. The lowest BCUT2D eigenvalue weighted by Crippen LogP contribution is -2.27. The van der Waals surface area contributed by atoms with Gasteiger partial charge in [0.25, 0.3) is 0 Å². The molecule has 0 bridgehead atoms. The Morgan fingerprint density at radius 2 is 0.506 bits per heavy atom. The second kappa shape index (κ2) is 24.9. The van der Waals surface area contributed by atoms with Gasteiger partial charge in [0.1, 0.15) is 119 Å². The minimum atomic E-state index is -0.728. The summed E-state index contributed by atoms with van der Waals surface area (Å²) in [7, 11) is 0. The summed E-state index contributed by atoms with van der Waals surface area (Å²) in [5, 5.41) is 43.4. The fraction of sp³-hybridized carbons (Fsp3) is 0.169. The molecule has 0 N–H and O–H groups in total. The maximum atomic E-state index is 10.9. The summed E-state index contributed by atoms with van der Waals surface area (Å²) < 4.78 is 53.1. The largest absolute Gasteiger partial charge is 0.487 e. The van der Waals surface area contributed by atoms with Crippen molar-refractivity contribution < 1.29 is 37.9 Å². The van der Waals surface area contributed by atoms with Gasteiger partial charge in [-0.3, -0.25) is 0 Å². The molecule has 0 aromatic heterocycles. The minimum absolute atomic E-state index is 0.180. The van der Waals surface area contributed by atoms with Gasteiger partial charge in [0, 0.05) is 5.41 Å². The molecule has 0 unspecified atom stereocenters. The molecule has 0 amide bonds. The van der Waals surface area contributed by atoms with Crippen LogP contribution in [-0.4, -0.2) is 0 Å². The average molecular weight is 1170 g/mol. The van der Waals surface area contributed by atoms with E-state index in [4.69, 9.17) is 37.9 Å². The molecule has 89 heavy (non-hydrogen) atoms. The summed E-state index contributed by atoms with van der Waals surface area (Å²) >= 11 is 0. The van der Waals surface area contributed by atoms with E-state index in [0.717, 1.165) is 44.5 Å². The molecule has 12 nitrogen and oxygen atoms in total. The van der Waals surface area contributed by atoms with Gasteiger partial charge < -0.3 is 37.9 Å². The Kier molecular flexibility index (Phi) is 16.2. The molecule has 1 spiro atoms. The van der Waals surface area contributed by atoms with Crippen molar-refractivity contribution in [2.45, 2.75) is 83.2 Å². The van der Waals surface area contributed by atoms with Gasteiger partial charge in [0.05, 0.1) is 0 Å². The van der Waals surface area contributed by atoms with Crippen LogP contribution in [0.1, 0.15) is 107 Å². The van der Waals surface area contributed by atoms with E-state index in [-0.39, 0.29) is 83.2 Å². The standard InChI is InChI=1S/C77H60N4O8/c1-75(2)49-77(61-39-73(88-69-35-19-31-65(57(69)43-80)84-47-53-25-13-7-14-26-53)71(37-59(61)75)86-67-33-17-29-63(55(67)41-78)82-45-51-21-9-5-10-22-51)50-76(3,4)60-38-72(87-68-34-18-30-64(56(68)42-79)83-46-52-23-11-6-12-24-52)74(40-62(60)77)89-70-36-20-32-66(58(70)44-81)85-48-54-27-15-8-16-28-54/h5-40H,45-50H2,1-4H3. The quantitative estimate of drug-likeness (QED) is 0.0709. The lowest BCUT2D eigenvalue weighted by Gasteiger charge is -2.31. The highest BCUT2D eigenvalue weighted by molar-refractivity contribution is 5.69. The van der Waals surface area contributed by atoms with E-state index < -0.39 is 16.2 Å². The molecule has 0 heterocycles. The molecule has 10 aromatic carbocycles. The van der Waals surface area contributed by atoms with Crippen molar-refractivity contribution in [3.8, 4) is 93.3 Å². The first-order chi connectivity index (χ1) is 43.4. The Bertz CT molecular complexity index is 4160. The lowest BCUT2D eigenvalue weighted by atomic mass is 9.72. The predicted octanol–water partition coefficient (Wildman–Crippen LogP) is 18.3. The number of fused-ring (bicyclic) bond motifs is 4. The summed E-state index contributed by atoms with van der Waals surface area (Å²) in [6.07, 6.45) is 1.25. The Labute approximate surface area is 518 Å². The molecule has 0 saturated carbocycles. The van der Waals surface area contributed by atoms with Crippen LogP contribution in [0.2, 0.25) is 0 Å². The van der Waals surface area contributed by atoms with Gasteiger partial charge in [-0.2, -0.15) is 21.0 Å². The molecule has 0 aliphatic heterocycles.